The molecule has 1 aromatic carbocycles. The summed E-state index contributed by atoms with van der Waals surface area (Å²) < 4.78 is 11.5. The fourth-order valence-corrected chi connectivity index (χ4v) is 2.81. The van der Waals surface area contributed by atoms with E-state index in [9.17, 15) is 0 Å². The SMILES string of the molecule is CC(C)C1CN(c2ccc3c(c2)OCCCO3)CCN1. The van der Waals surface area contributed by atoms with Crippen LogP contribution in [-0.4, -0.2) is 38.9 Å². The van der Waals surface area contributed by atoms with Gasteiger partial charge in [-0.05, 0) is 18.1 Å². The monoisotopic (exact) mass is 276 g/mol. The minimum atomic E-state index is 0.555. The molecule has 1 unspecified atom stereocenters. The quantitative estimate of drug-likeness (QED) is 0.898. The van der Waals surface area contributed by atoms with E-state index in [-0.39, 0.29) is 0 Å². The average Bonchev–Trinajstić information content (AvgIpc) is 2.71. The second-order valence-corrected chi connectivity index (χ2v) is 5.93. The summed E-state index contributed by atoms with van der Waals surface area (Å²) in [6.45, 7) is 9.17. The van der Waals surface area contributed by atoms with Gasteiger partial charge < -0.3 is 19.7 Å². The summed E-state index contributed by atoms with van der Waals surface area (Å²) in [6, 6.07) is 6.88. The molecule has 3 rings (SSSR count). The normalized spacial score (nSPS) is 22.8. The standard InChI is InChI=1S/C16H24N2O2/c1-12(2)14-11-18(7-6-17-14)13-4-5-15-16(10-13)20-9-3-8-19-15/h4-5,10,12,14,17H,3,6-9,11H2,1-2H3. The molecule has 1 fully saturated rings. The Labute approximate surface area is 121 Å². The maximum atomic E-state index is 5.79. The first-order chi connectivity index (χ1) is 9.74. The molecule has 110 valence electrons. The van der Waals surface area contributed by atoms with Crippen LogP contribution in [0, 0.1) is 5.92 Å². The van der Waals surface area contributed by atoms with Crippen LogP contribution in [0.4, 0.5) is 5.69 Å². The van der Waals surface area contributed by atoms with Crippen LogP contribution in [0.1, 0.15) is 20.3 Å². The number of fused-ring (bicyclic) bond motifs is 1. The number of benzene rings is 1. The van der Waals surface area contributed by atoms with Crippen molar-refractivity contribution in [2.75, 3.05) is 37.7 Å². The molecule has 0 radical (unpaired) electrons. The number of nitrogens with one attached hydrogen (secondary N) is 1. The van der Waals surface area contributed by atoms with E-state index in [1.807, 2.05) is 6.07 Å². The van der Waals surface area contributed by atoms with Crippen LogP contribution in [0.25, 0.3) is 0 Å². The highest BCUT2D eigenvalue weighted by Gasteiger charge is 2.23. The first kappa shape index (κ1) is 13.6. The Bertz CT molecular complexity index is 462. The molecule has 1 atom stereocenters. The zero-order valence-electron chi connectivity index (χ0n) is 12.4. The molecular weight excluding hydrogens is 252 g/mol. The topological polar surface area (TPSA) is 33.7 Å². The van der Waals surface area contributed by atoms with E-state index in [0.29, 0.717) is 12.0 Å². The number of piperazine rings is 1. The highest BCUT2D eigenvalue weighted by molar-refractivity contribution is 5.57. The molecular formula is C16H24N2O2. The van der Waals surface area contributed by atoms with Gasteiger partial charge in [0, 0.05) is 43.9 Å². The van der Waals surface area contributed by atoms with Crippen molar-refractivity contribution in [1.82, 2.24) is 5.32 Å². The molecule has 1 N–H and O–H groups in total. The molecule has 20 heavy (non-hydrogen) atoms. The number of hydrogen-bond donors (Lipinski definition) is 1. The molecule has 0 bridgehead atoms. The van der Waals surface area contributed by atoms with Gasteiger partial charge in [0.2, 0.25) is 0 Å². The van der Waals surface area contributed by atoms with Crippen molar-refractivity contribution in [3.8, 4) is 11.5 Å². The van der Waals surface area contributed by atoms with Gasteiger partial charge in [0.1, 0.15) is 0 Å². The number of nitrogens with zero attached hydrogens (tertiary/aromatic N) is 1. The van der Waals surface area contributed by atoms with E-state index in [0.717, 1.165) is 50.8 Å². The van der Waals surface area contributed by atoms with Crippen LogP contribution in [-0.2, 0) is 0 Å². The van der Waals surface area contributed by atoms with Crippen molar-refractivity contribution in [3.05, 3.63) is 18.2 Å². The zero-order chi connectivity index (χ0) is 13.9. The molecule has 0 aromatic heterocycles. The third-order valence-electron chi connectivity index (χ3n) is 4.11. The van der Waals surface area contributed by atoms with Gasteiger partial charge in [0.05, 0.1) is 13.2 Å². The summed E-state index contributed by atoms with van der Waals surface area (Å²) in [5.41, 5.74) is 1.24. The fourth-order valence-electron chi connectivity index (χ4n) is 2.81. The van der Waals surface area contributed by atoms with Crippen LogP contribution in [0.5, 0.6) is 11.5 Å². The first-order valence-electron chi connectivity index (χ1n) is 7.62. The van der Waals surface area contributed by atoms with Gasteiger partial charge in [-0.3, -0.25) is 0 Å². The van der Waals surface area contributed by atoms with Gasteiger partial charge in [-0.25, -0.2) is 0 Å². The molecule has 0 spiro atoms. The molecule has 2 heterocycles. The van der Waals surface area contributed by atoms with Crippen molar-refractivity contribution in [1.29, 1.82) is 0 Å². The first-order valence-corrected chi connectivity index (χ1v) is 7.62. The predicted molar refractivity (Wildman–Crippen MR) is 80.9 cm³/mol. The molecule has 2 aliphatic heterocycles. The Balaban J connectivity index is 1.78. The Kier molecular flexibility index (Phi) is 4.01. The smallest absolute Gasteiger partial charge is 0.163 e. The second-order valence-electron chi connectivity index (χ2n) is 5.93. The van der Waals surface area contributed by atoms with E-state index >= 15 is 0 Å². The van der Waals surface area contributed by atoms with Crippen molar-refractivity contribution in [3.63, 3.8) is 0 Å². The summed E-state index contributed by atoms with van der Waals surface area (Å²) in [6.07, 6.45) is 0.951. The predicted octanol–water partition coefficient (Wildman–Crippen LogP) is 2.28. The van der Waals surface area contributed by atoms with Crippen LogP contribution in [0.2, 0.25) is 0 Å². The second kappa shape index (κ2) is 5.92. The van der Waals surface area contributed by atoms with Crippen molar-refractivity contribution in [2.24, 2.45) is 5.92 Å². The molecule has 0 aliphatic carbocycles. The Morgan fingerprint density at radius 3 is 2.80 bits per heavy atom. The molecule has 4 heteroatoms. The maximum Gasteiger partial charge on any atom is 0.163 e. The Hall–Kier alpha value is -1.42. The highest BCUT2D eigenvalue weighted by Crippen LogP contribution is 2.34. The number of ether oxygens (including phenoxy) is 2. The van der Waals surface area contributed by atoms with Crippen LogP contribution in [0.3, 0.4) is 0 Å². The Morgan fingerprint density at radius 1 is 1.20 bits per heavy atom. The summed E-state index contributed by atoms with van der Waals surface area (Å²) in [5, 5.41) is 3.59. The van der Waals surface area contributed by atoms with E-state index in [1.165, 1.54) is 5.69 Å². The van der Waals surface area contributed by atoms with Gasteiger partial charge in [-0.1, -0.05) is 13.8 Å². The van der Waals surface area contributed by atoms with Crippen molar-refractivity contribution < 1.29 is 9.47 Å². The lowest BCUT2D eigenvalue weighted by Crippen LogP contribution is -2.52. The summed E-state index contributed by atoms with van der Waals surface area (Å²) in [7, 11) is 0. The van der Waals surface area contributed by atoms with E-state index in [4.69, 9.17) is 9.47 Å². The van der Waals surface area contributed by atoms with Crippen molar-refractivity contribution >= 4 is 5.69 Å². The minimum Gasteiger partial charge on any atom is -0.490 e. The third kappa shape index (κ3) is 2.85. The summed E-state index contributed by atoms with van der Waals surface area (Å²) in [5.74, 6) is 2.42. The zero-order valence-corrected chi connectivity index (χ0v) is 12.4. The van der Waals surface area contributed by atoms with Crippen LogP contribution in [0.15, 0.2) is 18.2 Å². The largest absolute Gasteiger partial charge is 0.490 e. The van der Waals surface area contributed by atoms with E-state index in [2.05, 4.69) is 36.2 Å². The molecule has 0 saturated carbocycles. The van der Waals surface area contributed by atoms with Gasteiger partial charge >= 0.3 is 0 Å². The molecule has 1 saturated heterocycles. The minimum absolute atomic E-state index is 0.555. The van der Waals surface area contributed by atoms with Gasteiger partial charge in [0.25, 0.3) is 0 Å². The maximum absolute atomic E-state index is 5.79. The molecule has 1 aromatic rings. The molecule has 2 aliphatic rings. The van der Waals surface area contributed by atoms with Crippen molar-refractivity contribution in [2.45, 2.75) is 26.3 Å². The van der Waals surface area contributed by atoms with Crippen LogP contribution >= 0.6 is 0 Å². The van der Waals surface area contributed by atoms with E-state index < -0.39 is 0 Å². The van der Waals surface area contributed by atoms with Gasteiger partial charge in [-0.2, -0.15) is 0 Å². The number of anilines is 1. The Morgan fingerprint density at radius 2 is 2.00 bits per heavy atom. The molecule has 4 nitrogen and oxygen atoms in total. The lowest BCUT2D eigenvalue weighted by Gasteiger charge is -2.37. The van der Waals surface area contributed by atoms with Gasteiger partial charge in [0.15, 0.2) is 11.5 Å². The lowest BCUT2D eigenvalue weighted by molar-refractivity contribution is 0.297. The highest BCUT2D eigenvalue weighted by atomic mass is 16.5. The summed E-state index contributed by atoms with van der Waals surface area (Å²) in [4.78, 5) is 2.44. The number of rotatable bonds is 2. The van der Waals surface area contributed by atoms with Gasteiger partial charge in [-0.15, -0.1) is 0 Å². The van der Waals surface area contributed by atoms with Crippen LogP contribution < -0.4 is 19.7 Å². The van der Waals surface area contributed by atoms with E-state index in [1.54, 1.807) is 0 Å². The summed E-state index contributed by atoms with van der Waals surface area (Å²) >= 11 is 0. The fraction of sp³-hybridized carbons (Fsp3) is 0.625. The average molecular weight is 276 g/mol. The lowest BCUT2D eigenvalue weighted by atomic mass is 10.0. The molecule has 0 amide bonds. The number of hydrogen-bond acceptors (Lipinski definition) is 4. The third-order valence-corrected chi connectivity index (χ3v) is 4.11.